The zero-order chi connectivity index (χ0) is 18.5. The van der Waals surface area contributed by atoms with Gasteiger partial charge in [0.1, 0.15) is 5.75 Å². The first-order chi connectivity index (χ1) is 12.6. The Labute approximate surface area is 155 Å². The summed E-state index contributed by atoms with van der Waals surface area (Å²) < 4.78 is 0. The second-order valence-electron chi connectivity index (χ2n) is 5.70. The number of hydrazone groups is 1. The lowest BCUT2D eigenvalue weighted by atomic mass is 9.98. The molecule has 0 fully saturated rings. The van der Waals surface area contributed by atoms with Crippen LogP contribution < -0.4 is 5.43 Å². The highest BCUT2D eigenvalue weighted by Crippen LogP contribution is 2.24. The standard InChI is InChI=1S/C20H17ClN2O3/c21-18-11-14(7-8-19(18)25)20(26)23-22-12-15-6-5-13(9-10-24)16-3-1-2-4-17(15)16/h1-8,11-12,24-25H,9-10H2,(H,23,26). The van der Waals surface area contributed by atoms with Crippen LogP contribution >= 0.6 is 11.6 Å². The third-order valence-corrected chi connectivity index (χ3v) is 4.31. The van der Waals surface area contributed by atoms with E-state index in [0.717, 1.165) is 21.9 Å². The van der Waals surface area contributed by atoms with E-state index >= 15 is 0 Å². The first-order valence-electron chi connectivity index (χ1n) is 8.03. The van der Waals surface area contributed by atoms with E-state index < -0.39 is 5.91 Å². The maximum Gasteiger partial charge on any atom is 0.271 e. The van der Waals surface area contributed by atoms with Gasteiger partial charge in [0.25, 0.3) is 5.91 Å². The molecule has 5 nitrogen and oxygen atoms in total. The van der Waals surface area contributed by atoms with Gasteiger partial charge in [0, 0.05) is 17.7 Å². The van der Waals surface area contributed by atoms with Crippen molar-refractivity contribution in [1.29, 1.82) is 0 Å². The number of aromatic hydroxyl groups is 1. The molecule has 0 spiro atoms. The number of carbonyl (C=O) groups excluding carboxylic acids is 1. The van der Waals surface area contributed by atoms with E-state index in [4.69, 9.17) is 11.6 Å². The number of hydrogen-bond acceptors (Lipinski definition) is 4. The molecule has 0 aliphatic rings. The molecule has 0 radical (unpaired) electrons. The quantitative estimate of drug-likeness (QED) is 0.476. The molecule has 0 saturated heterocycles. The normalized spacial score (nSPS) is 11.2. The average molecular weight is 369 g/mol. The van der Waals surface area contributed by atoms with Gasteiger partial charge in [-0.2, -0.15) is 5.10 Å². The second kappa shape index (κ2) is 7.99. The molecule has 0 aliphatic carbocycles. The molecule has 3 N–H and O–H groups in total. The van der Waals surface area contributed by atoms with Gasteiger partial charge in [0.15, 0.2) is 0 Å². The largest absolute Gasteiger partial charge is 0.506 e. The van der Waals surface area contributed by atoms with Gasteiger partial charge in [0.05, 0.1) is 11.2 Å². The SMILES string of the molecule is O=C(NN=Cc1ccc(CCO)c2ccccc12)c1ccc(O)c(Cl)c1. The van der Waals surface area contributed by atoms with Crippen LogP contribution in [0.1, 0.15) is 21.5 Å². The smallest absolute Gasteiger partial charge is 0.271 e. The molecule has 3 aromatic carbocycles. The van der Waals surface area contributed by atoms with Crippen molar-refractivity contribution in [3.63, 3.8) is 0 Å². The molecule has 3 rings (SSSR count). The van der Waals surface area contributed by atoms with Crippen molar-refractivity contribution in [1.82, 2.24) is 5.43 Å². The molecule has 6 heteroatoms. The first kappa shape index (κ1) is 17.9. The highest BCUT2D eigenvalue weighted by atomic mass is 35.5. The highest BCUT2D eigenvalue weighted by Gasteiger charge is 2.08. The van der Waals surface area contributed by atoms with Gasteiger partial charge in [-0.1, -0.05) is 48.0 Å². The number of rotatable bonds is 5. The van der Waals surface area contributed by atoms with Crippen LogP contribution in [0.25, 0.3) is 10.8 Å². The molecule has 3 aromatic rings. The third kappa shape index (κ3) is 3.85. The Balaban J connectivity index is 1.81. The molecule has 0 heterocycles. The summed E-state index contributed by atoms with van der Waals surface area (Å²) in [6.07, 6.45) is 2.15. The molecule has 0 atom stereocenters. The number of fused-ring (bicyclic) bond motifs is 1. The summed E-state index contributed by atoms with van der Waals surface area (Å²) in [7, 11) is 0. The molecule has 1 amide bonds. The lowest BCUT2D eigenvalue weighted by Gasteiger charge is -2.08. The van der Waals surface area contributed by atoms with Crippen molar-refractivity contribution in [3.8, 4) is 5.75 Å². The van der Waals surface area contributed by atoms with Crippen molar-refractivity contribution in [3.05, 3.63) is 76.3 Å². The fourth-order valence-corrected chi connectivity index (χ4v) is 2.89. The topological polar surface area (TPSA) is 81.9 Å². The lowest BCUT2D eigenvalue weighted by Crippen LogP contribution is -2.17. The minimum absolute atomic E-state index is 0.0823. The van der Waals surface area contributed by atoms with Gasteiger partial charge < -0.3 is 10.2 Å². The van der Waals surface area contributed by atoms with Crippen molar-refractivity contribution in [2.24, 2.45) is 5.10 Å². The Morgan fingerprint density at radius 1 is 1.12 bits per heavy atom. The Morgan fingerprint density at radius 2 is 1.88 bits per heavy atom. The number of aliphatic hydroxyl groups excluding tert-OH is 1. The number of aliphatic hydroxyl groups is 1. The highest BCUT2D eigenvalue weighted by molar-refractivity contribution is 6.32. The maximum absolute atomic E-state index is 12.1. The molecule has 0 unspecified atom stereocenters. The second-order valence-corrected chi connectivity index (χ2v) is 6.11. The maximum atomic E-state index is 12.1. The van der Waals surface area contributed by atoms with Gasteiger partial charge >= 0.3 is 0 Å². The molecule has 0 aliphatic heterocycles. The first-order valence-corrected chi connectivity index (χ1v) is 8.41. The van der Waals surface area contributed by atoms with Crippen LogP contribution in [0.15, 0.2) is 59.7 Å². The fraction of sp³-hybridized carbons (Fsp3) is 0.100. The fourth-order valence-electron chi connectivity index (χ4n) is 2.71. The predicted molar refractivity (Wildman–Crippen MR) is 103 cm³/mol. The third-order valence-electron chi connectivity index (χ3n) is 4.01. The van der Waals surface area contributed by atoms with Crippen LogP contribution in [0, 0.1) is 0 Å². The Hall–Kier alpha value is -2.89. The Bertz CT molecular complexity index is 986. The monoisotopic (exact) mass is 368 g/mol. The number of amides is 1. The Morgan fingerprint density at radius 3 is 2.62 bits per heavy atom. The van der Waals surface area contributed by atoms with E-state index in [0.29, 0.717) is 12.0 Å². The van der Waals surface area contributed by atoms with Crippen molar-refractivity contribution in [2.75, 3.05) is 6.61 Å². The summed E-state index contributed by atoms with van der Waals surface area (Å²) in [5.74, 6) is -0.509. The lowest BCUT2D eigenvalue weighted by molar-refractivity contribution is 0.0955. The molecular weight excluding hydrogens is 352 g/mol. The van der Waals surface area contributed by atoms with Crippen LogP contribution in [-0.4, -0.2) is 28.9 Å². The molecule has 0 saturated carbocycles. The molecule has 0 aromatic heterocycles. The summed E-state index contributed by atoms with van der Waals surface area (Å²) in [5, 5.41) is 24.8. The summed E-state index contributed by atoms with van der Waals surface area (Å²) in [5.41, 5.74) is 4.66. The number of nitrogens with zero attached hydrogens (tertiary/aromatic N) is 1. The van der Waals surface area contributed by atoms with Crippen molar-refractivity contribution < 1.29 is 15.0 Å². The minimum Gasteiger partial charge on any atom is -0.506 e. The van der Waals surface area contributed by atoms with Crippen LogP contribution in [0.2, 0.25) is 5.02 Å². The van der Waals surface area contributed by atoms with Crippen molar-refractivity contribution in [2.45, 2.75) is 6.42 Å². The zero-order valence-corrected chi connectivity index (χ0v) is 14.6. The van der Waals surface area contributed by atoms with Crippen LogP contribution in [0.3, 0.4) is 0 Å². The summed E-state index contributed by atoms with van der Waals surface area (Å²) in [6.45, 7) is 0.0860. The van der Waals surface area contributed by atoms with E-state index in [1.165, 1.54) is 18.2 Å². The summed E-state index contributed by atoms with van der Waals surface area (Å²) in [6, 6.07) is 15.9. The van der Waals surface area contributed by atoms with E-state index in [1.807, 2.05) is 36.4 Å². The van der Waals surface area contributed by atoms with E-state index in [1.54, 1.807) is 6.21 Å². The molecule has 0 bridgehead atoms. The van der Waals surface area contributed by atoms with Gasteiger partial charge in [-0.15, -0.1) is 0 Å². The minimum atomic E-state index is -0.427. The number of carbonyl (C=O) groups is 1. The van der Waals surface area contributed by atoms with Gasteiger partial charge in [-0.3, -0.25) is 4.79 Å². The van der Waals surface area contributed by atoms with E-state index in [2.05, 4.69) is 10.5 Å². The van der Waals surface area contributed by atoms with E-state index in [9.17, 15) is 15.0 Å². The predicted octanol–water partition coefficient (Wildman–Crippen LogP) is 3.50. The molecular formula is C20H17ClN2O3. The van der Waals surface area contributed by atoms with Crippen LogP contribution in [0.4, 0.5) is 0 Å². The number of phenols is 1. The van der Waals surface area contributed by atoms with Crippen LogP contribution in [0.5, 0.6) is 5.75 Å². The van der Waals surface area contributed by atoms with Gasteiger partial charge in [-0.05, 0) is 41.0 Å². The summed E-state index contributed by atoms with van der Waals surface area (Å²) in [4.78, 5) is 12.1. The number of benzene rings is 3. The summed E-state index contributed by atoms with van der Waals surface area (Å²) >= 11 is 5.81. The van der Waals surface area contributed by atoms with Crippen molar-refractivity contribution >= 4 is 34.5 Å². The number of hydrogen-bond donors (Lipinski definition) is 3. The number of halogens is 1. The van der Waals surface area contributed by atoms with Crippen LogP contribution in [-0.2, 0) is 6.42 Å². The average Bonchev–Trinajstić information content (AvgIpc) is 2.65. The van der Waals surface area contributed by atoms with Gasteiger partial charge in [-0.25, -0.2) is 5.43 Å². The van der Waals surface area contributed by atoms with E-state index in [-0.39, 0.29) is 17.4 Å². The zero-order valence-electron chi connectivity index (χ0n) is 13.8. The number of phenolic OH excluding ortho intramolecular Hbond substituents is 1. The number of nitrogens with one attached hydrogen (secondary N) is 1. The van der Waals surface area contributed by atoms with Gasteiger partial charge in [0.2, 0.25) is 0 Å². The molecule has 26 heavy (non-hydrogen) atoms. The Kier molecular flexibility index (Phi) is 5.51. The molecule has 132 valence electrons.